The highest BCUT2D eigenvalue weighted by atomic mass is 32.8. The summed E-state index contributed by atoms with van der Waals surface area (Å²) in [5.74, 6) is 1.20. The summed E-state index contributed by atoms with van der Waals surface area (Å²) in [6.45, 7) is 4.62. The average Bonchev–Trinajstić information content (AvgIpc) is 1.93. The van der Waals surface area contributed by atoms with E-state index in [2.05, 4.69) is 6.58 Å². The second-order valence-corrected chi connectivity index (χ2v) is 5.83. The van der Waals surface area contributed by atoms with Crippen molar-refractivity contribution in [3.8, 4) is 0 Å². The van der Waals surface area contributed by atoms with Gasteiger partial charge in [0.05, 0.1) is 11.8 Å². The molecule has 2 aliphatic rings. The molecule has 0 aromatic carbocycles. The topological polar surface area (TPSA) is 20.3 Å². The van der Waals surface area contributed by atoms with Gasteiger partial charge in [-0.25, -0.2) is 0 Å². The van der Waals surface area contributed by atoms with Crippen LogP contribution in [0.1, 0.15) is 6.42 Å². The van der Waals surface area contributed by atoms with Crippen LogP contribution in [0.3, 0.4) is 0 Å². The molecule has 2 atom stereocenters. The summed E-state index contributed by atoms with van der Waals surface area (Å²) in [5, 5.41) is 0.378. The molecular weight excluding hydrogens is 178 g/mol. The summed E-state index contributed by atoms with van der Waals surface area (Å²) in [5.41, 5.74) is 1.12. The van der Waals surface area contributed by atoms with Gasteiger partial charge in [-0.2, -0.15) is 0 Å². The van der Waals surface area contributed by atoms with Crippen LogP contribution in [-0.2, 0) is 25.4 Å². The van der Waals surface area contributed by atoms with Gasteiger partial charge >= 0.3 is 0 Å². The number of rotatable bonds is 0. The zero-order valence-corrected chi connectivity index (χ0v) is 7.71. The normalized spacial score (nSPS) is 36.5. The highest BCUT2D eigenvalue weighted by Gasteiger charge is 2.41. The Morgan fingerprint density at radius 3 is 3.09 bits per heavy atom. The van der Waals surface area contributed by atoms with E-state index in [1.54, 1.807) is 0 Å². The van der Waals surface area contributed by atoms with Crippen LogP contribution in [0.15, 0.2) is 12.2 Å². The maximum atomic E-state index is 11.0. The Balaban J connectivity index is 2.19. The molecule has 11 heavy (non-hydrogen) atoms. The van der Waals surface area contributed by atoms with Crippen LogP contribution in [0.2, 0.25) is 0 Å². The van der Waals surface area contributed by atoms with Crippen molar-refractivity contribution >= 4 is 26.5 Å². The fourth-order valence-corrected chi connectivity index (χ4v) is 3.94. The Bertz CT molecular complexity index is 261. The number of amides is 1. The Kier molecular flexibility index (Phi) is 1.61. The van der Waals surface area contributed by atoms with Crippen LogP contribution in [0.25, 0.3) is 0 Å². The first-order valence-electron chi connectivity index (χ1n) is 3.52. The standard InChI is InChI=1S/C7H9NOS2/c1-5-3-8-6(9)2-7(8)11(10)4-5/h7H,1-4H2/t7-,11?/m0/s1. The lowest BCUT2D eigenvalue weighted by Crippen LogP contribution is -2.58. The van der Waals surface area contributed by atoms with E-state index in [-0.39, 0.29) is 15.4 Å². The number of hydrogen-bond acceptors (Lipinski definition) is 2. The fourth-order valence-electron chi connectivity index (χ4n) is 1.43. The van der Waals surface area contributed by atoms with Crippen LogP contribution >= 0.6 is 0 Å². The van der Waals surface area contributed by atoms with E-state index in [0.29, 0.717) is 11.8 Å². The molecule has 1 unspecified atom stereocenters. The second kappa shape index (κ2) is 2.38. The lowest BCUT2D eigenvalue weighted by atomic mass is 10.1. The summed E-state index contributed by atoms with van der Waals surface area (Å²) >= 11 is 5.24. The van der Waals surface area contributed by atoms with Gasteiger partial charge in [0, 0.05) is 12.3 Å². The minimum absolute atomic E-state index is 0.0401. The van der Waals surface area contributed by atoms with Crippen molar-refractivity contribution in [3.63, 3.8) is 0 Å². The predicted molar refractivity (Wildman–Crippen MR) is 48.9 cm³/mol. The summed E-state index contributed by atoms with van der Waals surface area (Å²) < 4.78 is 0. The van der Waals surface area contributed by atoms with Gasteiger partial charge in [0.1, 0.15) is 0 Å². The summed E-state index contributed by atoms with van der Waals surface area (Å²) in [4.78, 5) is 12.9. The molecule has 0 spiro atoms. The molecule has 1 amide bonds. The average molecular weight is 187 g/mol. The molecule has 0 radical (unpaired) electrons. The van der Waals surface area contributed by atoms with E-state index in [0.717, 1.165) is 17.9 Å². The van der Waals surface area contributed by atoms with Gasteiger partial charge in [0.25, 0.3) is 0 Å². The lowest BCUT2D eigenvalue weighted by molar-refractivity contribution is -0.141. The van der Waals surface area contributed by atoms with E-state index < -0.39 is 0 Å². The van der Waals surface area contributed by atoms with E-state index in [4.69, 9.17) is 11.2 Å². The molecule has 0 saturated carbocycles. The molecule has 0 aromatic heterocycles. The molecule has 2 saturated heterocycles. The monoisotopic (exact) mass is 187 g/mol. The smallest absolute Gasteiger partial charge is 0.226 e. The van der Waals surface area contributed by atoms with Crippen LogP contribution in [0, 0.1) is 0 Å². The maximum Gasteiger partial charge on any atom is 0.226 e. The number of carbonyl (C=O) groups is 1. The third kappa shape index (κ3) is 1.05. The van der Waals surface area contributed by atoms with Crippen LogP contribution < -0.4 is 0 Å². The van der Waals surface area contributed by atoms with E-state index in [1.165, 1.54) is 0 Å². The number of fused-ring (bicyclic) bond motifs is 1. The number of β-lactam (4-membered cyclic amide) rings is 1. The van der Waals surface area contributed by atoms with Crippen molar-refractivity contribution in [3.05, 3.63) is 12.2 Å². The van der Waals surface area contributed by atoms with E-state index in [1.807, 2.05) is 4.90 Å². The minimum atomic E-state index is -0.0401. The predicted octanol–water partition coefficient (Wildman–Crippen LogP) is 0.195. The van der Waals surface area contributed by atoms with E-state index in [9.17, 15) is 4.79 Å². The summed E-state index contributed by atoms with van der Waals surface area (Å²) in [7, 11) is -0.0401. The first-order valence-corrected chi connectivity index (χ1v) is 5.90. The van der Waals surface area contributed by atoms with Gasteiger partial charge in [0.2, 0.25) is 5.91 Å². The van der Waals surface area contributed by atoms with Crippen molar-refractivity contribution in [2.45, 2.75) is 11.8 Å². The number of carbonyl (C=O) groups excluding carboxylic acids is 1. The molecule has 4 heteroatoms. The molecule has 0 bridgehead atoms. The van der Waals surface area contributed by atoms with E-state index >= 15 is 0 Å². The quantitative estimate of drug-likeness (QED) is 0.399. The SMILES string of the molecule is C=C1CN2C(=O)C[C@@H]2S(=S)C1. The van der Waals surface area contributed by atoms with Gasteiger partial charge in [-0.15, -0.1) is 0 Å². The number of nitrogens with zero attached hydrogens (tertiary/aromatic N) is 1. The molecular formula is C7H9NOS2. The van der Waals surface area contributed by atoms with Crippen LogP contribution in [0.4, 0.5) is 0 Å². The Morgan fingerprint density at radius 1 is 1.73 bits per heavy atom. The molecule has 0 aliphatic carbocycles. The van der Waals surface area contributed by atoms with Crippen LogP contribution in [-0.4, -0.2) is 28.5 Å². The van der Waals surface area contributed by atoms with Crippen molar-refractivity contribution in [1.82, 2.24) is 4.90 Å². The third-order valence-electron chi connectivity index (χ3n) is 2.06. The summed E-state index contributed by atoms with van der Waals surface area (Å²) in [6, 6.07) is 0. The molecule has 60 valence electrons. The molecule has 2 heterocycles. The van der Waals surface area contributed by atoms with Gasteiger partial charge < -0.3 is 4.90 Å². The largest absolute Gasteiger partial charge is 0.326 e. The maximum absolute atomic E-state index is 11.0. The third-order valence-corrected chi connectivity index (χ3v) is 4.80. The summed E-state index contributed by atoms with van der Waals surface area (Å²) in [6.07, 6.45) is 0.680. The minimum Gasteiger partial charge on any atom is -0.326 e. The van der Waals surface area contributed by atoms with Crippen molar-refractivity contribution in [2.24, 2.45) is 0 Å². The highest BCUT2D eigenvalue weighted by molar-refractivity contribution is 8.29. The first-order chi connectivity index (χ1) is 5.18. The lowest BCUT2D eigenvalue weighted by Gasteiger charge is -2.45. The Labute approximate surface area is 72.8 Å². The first kappa shape index (κ1) is 7.43. The molecule has 2 aliphatic heterocycles. The zero-order chi connectivity index (χ0) is 8.01. The van der Waals surface area contributed by atoms with Crippen molar-refractivity contribution in [2.75, 3.05) is 12.3 Å². The number of hydrogen-bond donors (Lipinski definition) is 0. The Hall–Kier alpha value is -0.220. The highest BCUT2D eigenvalue weighted by Crippen LogP contribution is 2.28. The van der Waals surface area contributed by atoms with Crippen molar-refractivity contribution < 1.29 is 4.79 Å². The van der Waals surface area contributed by atoms with Gasteiger partial charge in [-0.05, 0) is 16.8 Å². The second-order valence-electron chi connectivity index (χ2n) is 2.96. The molecule has 0 N–H and O–H groups in total. The Morgan fingerprint density at radius 2 is 2.45 bits per heavy atom. The zero-order valence-electron chi connectivity index (χ0n) is 6.08. The fraction of sp³-hybridized carbons (Fsp3) is 0.571. The molecule has 2 rings (SSSR count). The van der Waals surface area contributed by atoms with Gasteiger partial charge in [-0.1, -0.05) is 16.0 Å². The van der Waals surface area contributed by atoms with Crippen molar-refractivity contribution in [1.29, 1.82) is 0 Å². The molecule has 2 fully saturated rings. The van der Waals surface area contributed by atoms with Crippen LogP contribution in [0.5, 0.6) is 0 Å². The van der Waals surface area contributed by atoms with Gasteiger partial charge in [-0.3, -0.25) is 4.79 Å². The molecule has 2 nitrogen and oxygen atoms in total. The molecule has 0 aromatic rings. The van der Waals surface area contributed by atoms with Gasteiger partial charge in [0.15, 0.2) is 0 Å².